The molecule has 3 N–H and O–H groups in total. The van der Waals surface area contributed by atoms with Gasteiger partial charge < -0.3 is 11.1 Å². The van der Waals surface area contributed by atoms with E-state index in [0.29, 0.717) is 33.6 Å². The quantitative estimate of drug-likeness (QED) is 0.773. The minimum Gasteiger partial charge on any atom is -0.399 e. The molecule has 0 unspecified atom stereocenters. The smallest absolute Gasteiger partial charge is 0.225 e. The fourth-order valence-electron chi connectivity index (χ4n) is 1.57. The molecule has 20 heavy (non-hydrogen) atoms. The summed E-state index contributed by atoms with van der Waals surface area (Å²) >= 11 is 6.45. The Bertz CT molecular complexity index is 616. The van der Waals surface area contributed by atoms with Crippen molar-refractivity contribution in [3.63, 3.8) is 0 Å². The summed E-state index contributed by atoms with van der Waals surface area (Å²) in [7, 11) is 0. The fourth-order valence-corrected chi connectivity index (χ4v) is 2.48. The molecule has 0 radical (unpaired) electrons. The van der Waals surface area contributed by atoms with Gasteiger partial charge in [-0.1, -0.05) is 12.1 Å². The van der Waals surface area contributed by atoms with Gasteiger partial charge >= 0.3 is 0 Å². The van der Waals surface area contributed by atoms with Crippen molar-refractivity contribution in [2.24, 2.45) is 0 Å². The van der Waals surface area contributed by atoms with Crippen molar-refractivity contribution in [1.82, 2.24) is 9.97 Å². The van der Waals surface area contributed by atoms with E-state index >= 15 is 0 Å². The van der Waals surface area contributed by atoms with Crippen molar-refractivity contribution in [1.29, 1.82) is 0 Å². The maximum absolute atomic E-state index is 11.9. The number of rotatable bonds is 4. The van der Waals surface area contributed by atoms with Gasteiger partial charge in [0, 0.05) is 12.1 Å². The SMILES string of the molecule is Nc1ccc(CCC(=O)Nc2ncc(Br)nc2Br)cc1. The molecule has 104 valence electrons. The standard InChI is InChI=1S/C13H12Br2N4O/c14-10-7-17-13(12(15)18-10)19-11(20)6-3-8-1-4-9(16)5-2-8/h1-2,4-5,7H,3,6,16H2,(H,17,19,20). The molecule has 0 aliphatic rings. The van der Waals surface area contributed by atoms with Crippen molar-refractivity contribution in [3.8, 4) is 0 Å². The number of benzene rings is 1. The summed E-state index contributed by atoms with van der Waals surface area (Å²) in [5.41, 5.74) is 7.39. The fraction of sp³-hybridized carbons (Fsp3) is 0.154. The highest BCUT2D eigenvalue weighted by Crippen LogP contribution is 2.19. The molecule has 0 bridgehead atoms. The minimum absolute atomic E-state index is 0.112. The third kappa shape index (κ3) is 4.28. The molecule has 1 aromatic heterocycles. The van der Waals surface area contributed by atoms with Gasteiger partial charge in [0.1, 0.15) is 9.21 Å². The molecule has 5 nitrogen and oxygen atoms in total. The molecule has 1 amide bonds. The van der Waals surface area contributed by atoms with E-state index in [9.17, 15) is 4.79 Å². The highest BCUT2D eigenvalue weighted by Gasteiger charge is 2.08. The second-order valence-corrected chi connectivity index (χ2v) is 5.69. The third-order valence-corrected chi connectivity index (χ3v) is 3.51. The maximum Gasteiger partial charge on any atom is 0.225 e. The lowest BCUT2D eigenvalue weighted by molar-refractivity contribution is -0.116. The predicted octanol–water partition coefficient (Wildman–Crippen LogP) is 3.16. The molecular formula is C13H12Br2N4O. The van der Waals surface area contributed by atoms with Gasteiger partial charge in [0.2, 0.25) is 5.91 Å². The summed E-state index contributed by atoms with van der Waals surface area (Å²) in [5, 5.41) is 2.71. The maximum atomic E-state index is 11.9. The number of nitrogens with two attached hydrogens (primary N) is 1. The summed E-state index contributed by atoms with van der Waals surface area (Å²) in [4.78, 5) is 20.0. The Morgan fingerprint density at radius 1 is 1.25 bits per heavy atom. The van der Waals surface area contributed by atoms with Crippen LogP contribution < -0.4 is 11.1 Å². The van der Waals surface area contributed by atoms with E-state index in [1.807, 2.05) is 24.3 Å². The number of anilines is 2. The molecule has 0 aliphatic carbocycles. The lowest BCUT2D eigenvalue weighted by atomic mass is 10.1. The van der Waals surface area contributed by atoms with Crippen molar-refractivity contribution >= 4 is 49.3 Å². The number of carbonyl (C=O) groups excluding carboxylic acids is 1. The van der Waals surface area contributed by atoms with Crippen molar-refractivity contribution in [3.05, 3.63) is 45.2 Å². The van der Waals surface area contributed by atoms with Gasteiger partial charge in [-0.05, 0) is 56.0 Å². The molecular weight excluding hydrogens is 388 g/mol. The molecule has 2 aromatic rings. The zero-order chi connectivity index (χ0) is 14.5. The number of aromatic nitrogens is 2. The Kier molecular flexibility index (Phi) is 5.08. The number of halogens is 2. The number of hydrogen-bond donors (Lipinski definition) is 2. The number of amides is 1. The van der Waals surface area contributed by atoms with Crippen LogP contribution >= 0.6 is 31.9 Å². The lowest BCUT2D eigenvalue weighted by Crippen LogP contribution is -2.14. The van der Waals surface area contributed by atoms with E-state index in [1.165, 1.54) is 6.20 Å². The third-order valence-electron chi connectivity index (χ3n) is 2.58. The Labute approximate surface area is 133 Å². The van der Waals surface area contributed by atoms with Crippen molar-refractivity contribution < 1.29 is 4.79 Å². The van der Waals surface area contributed by atoms with Gasteiger partial charge in [0.15, 0.2) is 5.82 Å². The molecule has 0 aliphatic heterocycles. The molecule has 1 heterocycles. The number of nitrogens with one attached hydrogen (secondary N) is 1. The molecule has 7 heteroatoms. The van der Waals surface area contributed by atoms with Crippen molar-refractivity contribution in [2.45, 2.75) is 12.8 Å². The van der Waals surface area contributed by atoms with Crippen LogP contribution in [0.15, 0.2) is 39.7 Å². The molecule has 2 rings (SSSR count). The molecule has 0 saturated heterocycles. The van der Waals surface area contributed by atoms with Gasteiger partial charge in [-0.2, -0.15) is 0 Å². The summed E-state index contributed by atoms with van der Waals surface area (Å²) < 4.78 is 1.09. The first-order valence-corrected chi connectivity index (χ1v) is 7.45. The Balaban J connectivity index is 1.90. The molecule has 0 saturated carbocycles. The first-order valence-electron chi connectivity index (χ1n) is 5.87. The zero-order valence-electron chi connectivity index (χ0n) is 10.4. The predicted molar refractivity (Wildman–Crippen MR) is 85.2 cm³/mol. The van der Waals surface area contributed by atoms with E-state index < -0.39 is 0 Å². The van der Waals surface area contributed by atoms with Gasteiger partial charge in [0.25, 0.3) is 0 Å². The topological polar surface area (TPSA) is 80.9 Å². The summed E-state index contributed by atoms with van der Waals surface area (Å²) in [6.45, 7) is 0. The van der Waals surface area contributed by atoms with Crippen molar-refractivity contribution in [2.75, 3.05) is 11.1 Å². The molecule has 1 aromatic carbocycles. The Hall–Kier alpha value is -1.47. The Morgan fingerprint density at radius 3 is 2.60 bits per heavy atom. The van der Waals surface area contributed by atoms with E-state index in [4.69, 9.17) is 5.73 Å². The first-order chi connectivity index (χ1) is 9.54. The van der Waals surface area contributed by atoms with Gasteiger partial charge in [-0.15, -0.1) is 0 Å². The highest BCUT2D eigenvalue weighted by molar-refractivity contribution is 9.11. The van der Waals surface area contributed by atoms with E-state index in [2.05, 4.69) is 47.1 Å². The van der Waals surface area contributed by atoms with E-state index in [0.717, 1.165) is 5.56 Å². The van der Waals surface area contributed by atoms with Crippen LogP contribution in [-0.2, 0) is 11.2 Å². The normalized spacial score (nSPS) is 10.3. The van der Waals surface area contributed by atoms with Crippen LogP contribution in [0.5, 0.6) is 0 Å². The average molecular weight is 400 g/mol. The molecule has 0 spiro atoms. The number of carbonyl (C=O) groups is 1. The number of aryl methyl sites for hydroxylation is 1. The number of nitrogen functional groups attached to an aromatic ring is 1. The van der Waals surface area contributed by atoms with Crippen LogP contribution in [-0.4, -0.2) is 15.9 Å². The van der Waals surface area contributed by atoms with Crippen LogP contribution in [0.4, 0.5) is 11.5 Å². The van der Waals surface area contributed by atoms with Crippen LogP contribution in [0.1, 0.15) is 12.0 Å². The summed E-state index contributed by atoms with van der Waals surface area (Å²) in [6, 6.07) is 7.48. The largest absolute Gasteiger partial charge is 0.399 e. The number of nitrogens with zero attached hydrogens (tertiary/aromatic N) is 2. The molecule has 0 atom stereocenters. The monoisotopic (exact) mass is 398 g/mol. The second kappa shape index (κ2) is 6.81. The summed E-state index contributed by atoms with van der Waals surface area (Å²) in [5.74, 6) is 0.301. The lowest BCUT2D eigenvalue weighted by Gasteiger charge is -2.06. The van der Waals surface area contributed by atoms with Crippen LogP contribution in [0, 0.1) is 0 Å². The van der Waals surface area contributed by atoms with Crippen LogP contribution in [0.25, 0.3) is 0 Å². The molecule has 0 fully saturated rings. The van der Waals surface area contributed by atoms with Crippen LogP contribution in [0.3, 0.4) is 0 Å². The minimum atomic E-state index is -0.112. The highest BCUT2D eigenvalue weighted by atomic mass is 79.9. The van der Waals surface area contributed by atoms with Gasteiger partial charge in [-0.25, -0.2) is 9.97 Å². The average Bonchev–Trinajstić information content (AvgIpc) is 2.41. The van der Waals surface area contributed by atoms with E-state index in [1.54, 1.807) is 0 Å². The first kappa shape index (κ1) is 14.9. The summed E-state index contributed by atoms with van der Waals surface area (Å²) in [6.07, 6.45) is 2.54. The number of hydrogen-bond acceptors (Lipinski definition) is 4. The van der Waals surface area contributed by atoms with Gasteiger partial charge in [-0.3, -0.25) is 4.79 Å². The Morgan fingerprint density at radius 2 is 1.95 bits per heavy atom. The second-order valence-electron chi connectivity index (χ2n) is 4.12. The van der Waals surface area contributed by atoms with Crippen LogP contribution in [0.2, 0.25) is 0 Å². The zero-order valence-corrected chi connectivity index (χ0v) is 13.6. The van der Waals surface area contributed by atoms with Gasteiger partial charge in [0.05, 0.1) is 6.20 Å². The van der Waals surface area contributed by atoms with E-state index in [-0.39, 0.29) is 5.91 Å².